The molecule has 6 heteroatoms. The fraction of sp³-hybridized carbons (Fsp3) is 0.412. The number of carbonyl (C=O) groups is 1. The van der Waals surface area contributed by atoms with Crippen molar-refractivity contribution in [3.8, 4) is 0 Å². The monoisotopic (exact) mass is 314 g/mol. The van der Waals surface area contributed by atoms with E-state index in [0.717, 1.165) is 16.9 Å². The molecule has 2 heterocycles. The molecule has 1 aromatic carbocycles. The van der Waals surface area contributed by atoms with Gasteiger partial charge in [-0.3, -0.25) is 9.58 Å². The van der Waals surface area contributed by atoms with Crippen LogP contribution < -0.4 is 10.2 Å². The molecule has 0 aliphatic carbocycles. The number of cyclic esters (lactones) is 1. The highest BCUT2D eigenvalue weighted by molar-refractivity contribution is 5.89. The van der Waals surface area contributed by atoms with Crippen molar-refractivity contribution in [2.24, 2.45) is 0 Å². The predicted octanol–water partition coefficient (Wildman–Crippen LogP) is 3.59. The molecule has 1 fully saturated rings. The van der Waals surface area contributed by atoms with Crippen LogP contribution in [0.1, 0.15) is 38.4 Å². The van der Waals surface area contributed by atoms with E-state index in [1.165, 1.54) is 0 Å². The van der Waals surface area contributed by atoms with Gasteiger partial charge in [0.15, 0.2) is 0 Å². The third kappa shape index (κ3) is 3.31. The van der Waals surface area contributed by atoms with Crippen LogP contribution in [0.3, 0.4) is 0 Å². The molecule has 1 N–H and O–H groups in total. The van der Waals surface area contributed by atoms with Gasteiger partial charge < -0.3 is 10.1 Å². The van der Waals surface area contributed by atoms with Gasteiger partial charge in [-0.1, -0.05) is 12.1 Å². The first-order valence-electron chi connectivity index (χ1n) is 7.89. The number of rotatable bonds is 5. The van der Waals surface area contributed by atoms with Gasteiger partial charge >= 0.3 is 6.09 Å². The number of amides is 1. The molecule has 1 amide bonds. The molecule has 1 aromatic heterocycles. The molecule has 122 valence electrons. The van der Waals surface area contributed by atoms with Crippen molar-refractivity contribution in [2.45, 2.75) is 32.9 Å². The SMILES string of the molecule is CC(C)n1cc(N[C@H](C)c2cccc(N3CCOC3=O)c2)cn1. The zero-order valence-corrected chi connectivity index (χ0v) is 13.7. The predicted molar refractivity (Wildman–Crippen MR) is 89.8 cm³/mol. The van der Waals surface area contributed by atoms with Gasteiger partial charge in [0.05, 0.1) is 18.4 Å². The van der Waals surface area contributed by atoms with E-state index >= 15 is 0 Å². The first kappa shape index (κ1) is 15.4. The van der Waals surface area contributed by atoms with Crippen LogP contribution in [-0.2, 0) is 4.74 Å². The number of anilines is 2. The fourth-order valence-corrected chi connectivity index (χ4v) is 2.62. The summed E-state index contributed by atoms with van der Waals surface area (Å²) in [6.45, 7) is 7.34. The molecule has 0 spiro atoms. The number of carbonyl (C=O) groups excluding carboxylic acids is 1. The topological polar surface area (TPSA) is 59.4 Å². The van der Waals surface area contributed by atoms with E-state index in [4.69, 9.17) is 4.74 Å². The van der Waals surface area contributed by atoms with Crippen LogP contribution in [0, 0.1) is 0 Å². The van der Waals surface area contributed by atoms with Gasteiger partial charge in [-0.25, -0.2) is 4.79 Å². The Hall–Kier alpha value is -2.50. The van der Waals surface area contributed by atoms with E-state index in [0.29, 0.717) is 19.2 Å². The third-order valence-electron chi connectivity index (χ3n) is 3.96. The zero-order valence-electron chi connectivity index (χ0n) is 13.7. The maximum atomic E-state index is 11.7. The Balaban J connectivity index is 1.74. The summed E-state index contributed by atoms with van der Waals surface area (Å²) in [6.07, 6.45) is 3.56. The summed E-state index contributed by atoms with van der Waals surface area (Å²) in [6, 6.07) is 8.42. The highest BCUT2D eigenvalue weighted by Crippen LogP contribution is 2.25. The minimum Gasteiger partial charge on any atom is -0.447 e. The molecule has 1 atom stereocenters. The van der Waals surface area contributed by atoms with Crippen molar-refractivity contribution in [3.63, 3.8) is 0 Å². The summed E-state index contributed by atoms with van der Waals surface area (Å²) < 4.78 is 6.92. The number of benzene rings is 1. The van der Waals surface area contributed by atoms with Gasteiger partial charge in [-0.2, -0.15) is 5.10 Å². The van der Waals surface area contributed by atoms with Gasteiger partial charge in [0.2, 0.25) is 0 Å². The van der Waals surface area contributed by atoms with Crippen LogP contribution >= 0.6 is 0 Å². The van der Waals surface area contributed by atoms with Gasteiger partial charge in [0, 0.05) is 24.0 Å². The lowest BCUT2D eigenvalue weighted by atomic mass is 10.1. The first-order valence-corrected chi connectivity index (χ1v) is 7.89. The lowest BCUT2D eigenvalue weighted by molar-refractivity contribution is 0.181. The maximum Gasteiger partial charge on any atom is 0.414 e. The largest absolute Gasteiger partial charge is 0.447 e. The van der Waals surface area contributed by atoms with Crippen LogP contribution in [0.2, 0.25) is 0 Å². The quantitative estimate of drug-likeness (QED) is 0.916. The average Bonchev–Trinajstić information content (AvgIpc) is 3.16. The summed E-state index contributed by atoms with van der Waals surface area (Å²) in [4.78, 5) is 13.4. The Labute approximate surface area is 136 Å². The number of nitrogens with one attached hydrogen (secondary N) is 1. The van der Waals surface area contributed by atoms with E-state index in [9.17, 15) is 4.79 Å². The number of hydrogen-bond donors (Lipinski definition) is 1. The van der Waals surface area contributed by atoms with E-state index < -0.39 is 0 Å². The van der Waals surface area contributed by atoms with Crippen molar-refractivity contribution in [1.82, 2.24) is 9.78 Å². The van der Waals surface area contributed by atoms with Gasteiger partial charge in [-0.15, -0.1) is 0 Å². The molecule has 23 heavy (non-hydrogen) atoms. The molecule has 0 radical (unpaired) electrons. The Morgan fingerprint density at radius 3 is 2.78 bits per heavy atom. The minimum absolute atomic E-state index is 0.110. The summed E-state index contributed by atoms with van der Waals surface area (Å²) in [5.41, 5.74) is 2.97. The van der Waals surface area contributed by atoms with E-state index in [1.54, 1.807) is 4.90 Å². The van der Waals surface area contributed by atoms with Crippen molar-refractivity contribution in [3.05, 3.63) is 42.2 Å². The van der Waals surface area contributed by atoms with E-state index in [-0.39, 0.29) is 12.1 Å². The molecule has 1 aliphatic heterocycles. The Kier molecular flexibility index (Phi) is 4.23. The second-order valence-corrected chi connectivity index (χ2v) is 6.03. The van der Waals surface area contributed by atoms with Crippen LogP contribution in [0.15, 0.2) is 36.7 Å². The fourth-order valence-electron chi connectivity index (χ4n) is 2.62. The molecule has 1 aliphatic rings. The second kappa shape index (κ2) is 6.32. The van der Waals surface area contributed by atoms with Crippen LogP contribution in [-0.4, -0.2) is 29.0 Å². The minimum atomic E-state index is -0.277. The third-order valence-corrected chi connectivity index (χ3v) is 3.96. The molecule has 2 aromatic rings. The van der Waals surface area contributed by atoms with Crippen molar-refractivity contribution < 1.29 is 9.53 Å². The lowest BCUT2D eigenvalue weighted by Crippen LogP contribution is -2.23. The number of nitrogens with zero attached hydrogens (tertiary/aromatic N) is 3. The highest BCUT2D eigenvalue weighted by Gasteiger charge is 2.23. The Morgan fingerprint density at radius 2 is 2.13 bits per heavy atom. The molecule has 1 saturated heterocycles. The van der Waals surface area contributed by atoms with Gasteiger partial charge in [0.1, 0.15) is 6.61 Å². The molecule has 6 nitrogen and oxygen atoms in total. The van der Waals surface area contributed by atoms with E-state index in [2.05, 4.69) is 37.3 Å². The standard InChI is InChI=1S/C17H22N4O2/c1-12(2)21-11-15(10-18-21)19-13(3)14-5-4-6-16(9-14)20-7-8-23-17(20)22/h4-6,9-13,19H,7-8H2,1-3H3/t13-/m1/s1. The normalized spacial score (nSPS) is 15.8. The molecular formula is C17H22N4O2. The summed E-state index contributed by atoms with van der Waals surface area (Å²) in [7, 11) is 0. The first-order chi connectivity index (χ1) is 11.0. The van der Waals surface area contributed by atoms with E-state index in [1.807, 2.05) is 35.3 Å². The zero-order chi connectivity index (χ0) is 16.4. The maximum absolute atomic E-state index is 11.7. The molecule has 0 unspecified atom stereocenters. The van der Waals surface area contributed by atoms with Gasteiger partial charge in [0.25, 0.3) is 0 Å². The summed E-state index contributed by atoms with van der Waals surface area (Å²) in [5.74, 6) is 0. The number of aromatic nitrogens is 2. The average molecular weight is 314 g/mol. The van der Waals surface area contributed by atoms with Gasteiger partial charge in [-0.05, 0) is 38.5 Å². The number of hydrogen-bond acceptors (Lipinski definition) is 4. The molecule has 3 rings (SSSR count). The number of ether oxygens (including phenoxy) is 1. The van der Waals surface area contributed by atoms with Crippen LogP contribution in [0.5, 0.6) is 0 Å². The Morgan fingerprint density at radius 1 is 1.30 bits per heavy atom. The molecule has 0 saturated carbocycles. The molecule has 0 bridgehead atoms. The van der Waals surface area contributed by atoms with Crippen LogP contribution in [0.4, 0.5) is 16.2 Å². The van der Waals surface area contributed by atoms with Crippen molar-refractivity contribution in [1.29, 1.82) is 0 Å². The summed E-state index contributed by atoms with van der Waals surface area (Å²) in [5, 5.41) is 7.78. The Bertz CT molecular complexity index is 695. The highest BCUT2D eigenvalue weighted by atomic mass is 16.6. The summed E-state index contributed by atoms with van der Waals surface area (Å²) >= 11 is 0. The van der Waals surface area contributed by atoms with Crippen LogP contribution in [0.25, 0.3) is 0 Å². The lowest BCUT2D eigenvalue weighted by Gasteiger charge is -2.18. The van der Waals surface area contributed by atoms with Crippen molar-refractivity contribution in [2.75, 3.05) is 23.4 Å². The van der Waals surface area contributed by atoms with Crippen molar-refractivity contribution >= 4 is 17.5 Å². The second-order valence-electron chi connectivity index (χ2n) is 6.03. The molecular weight excluding hydrogens is 292 g/mol. The smallest absolute Gasteiger partial charge is 0.414 e.